The second kappa shape index (κ2) is 4.79. The van der Waals surface area contributed by atoms with Gasteiger partial charge in [0.25, 0.3) is 10.0 Å². The van der Waals surface area contributed by atoms with Gasteiger partial charge in [-0.05, 0) is 31.2 Å². The predicted octanol–water partition coefficient (Wildman–Crippen LogP) is 2.70. The molecule has 2 aromatic rings. The van der Waals surface area contributed by atoms with E-state index in [0.717, 1.165) is 16.3 Å². The van der Waals surface area contributed by atoms with Gasteiger partial charge in [-0.2, -0.15) is 0 Å². The summed E-state index contributed by atoms with van der Waals surface area (Å²) >= 11 is 1.32. The van der Waals surface area contributed by atoms with Gasteiger partial charge in [-0.25, -0.2) is 8.42 Å². The zero-order valence-electron chi connectivity index (χ0n) is 11.4. The van der Waals surface area contributed by atoms with Gasteiger partial charge in [-0.15, -0.1) is 11.3 Å². The number of sulfonamides is 1. The molecule has 3 rings (SSSR count). The SMILES string of the molecule is Cc1ccc(S(=O)(=O)N2CCN(C)c3ccccc32)s1. The molecule has 1 aromatic heterocycles. The minimum Gasteiger partial charge on any atom is -0.371 e. The van der Waals surface area contributed by atoms with Crippen LogP contribution in [0.5, 0.6) is 0 Å². The van der Waals surface area contributed by atoms with Crippen LogP contribution in [-0.2, 0) is 10.0 Å². The van der Waals surface area contributed by atoms with Crippen LogP contribution in [-0.4, -0.2) is 28.6 Å². The monoisotopic (exact) mass is 308 g/mol. The van der Waals surface area contributed by atoms with Crippen molar-refractivity contribution in [3.8, 4) is 0 Å². The molecule has 0 unspecified atom stereocenters. The van der Waals surface area contributed by atoms with Crippen LogP contribution in [0.3, 0.4) is 0 Å². The van der Waals surface area contributed by atoms with E-state index in [1.165, 1.54) is 15.6 Å². The Kier molecular flexibility index (Phi) is 3.22. The van der Waals surface area contributed by atoms with E-state index in [-0.39, 0.29) is 0 Å². The quantitative estimate of drug-likeness (QED) is 0.856. The molecule has 1 aromatic carbocycles. The van der Waals surface area contributed by atoms with Crippen molar-refractivity contribution >= 4 is 32.7 Å². The number of nitrogens with zero attached hydrogens (tertiary/aromatic N) is 2. The molecular formula is C14H16N2O2S2. The summed E-state index contributed by atoms with van der Waals surface area (Å²) in [4.78, 5) is 3.09. The molecule has 0 N–H and O–H groups in total. The fourth-order valence-electron chi connectivity index (χ4n) is 2.39. The lowest BCUT2D eigenvalue weighted by Gasteiger charge is -2.35. The van der Waals surface area contributed by atoms with Gasteiger partial charge in [0.05, 0.1) is 17.9 Å². The first-order chi connectivity index (χ1) is 9.50. The van der Waals surface area contributed by atoms with E-state index in [1.807, 2.05) is 44.3 Å². The van der Waals surface area contributed by atoms with Crippen LogP contribution in [0.15, 0.2) is 40.6 Å². The molecule has 0 bridgehead atoms. The molecule has 0 radical (unpaired) electrons. The largest absolute Gasteiger partial charge is 0.371 e. The number of para-hydroxylation sites is 2. The van der Waals surface area contributed by atoms with Gasteiger partial charge < -0.3 is 4.90 Å². The summed E-state index contributed by atoms with van der Waals surface area (Å²) in [5, 5.41) is 0. The fourth-order valence-corrected chi connectivity index (χ4v) is 5.26. The molecule has 0 fully saturated rings. The van der Waals surface area contributed by atoms with Gasteiger partial charge in [-0.3, -0.25) is 4.31 Å². The van der Waals surface area contributed by atoms with Gasteiger partial charge >= 0.3 is 0 Å². The highest BCUT2D eigenvalue weighted by molar-refractivity contribution is 7.94. The standard InChI is InChI=1S/C14H16N2O2S2/c1-11-7-8-14(19-11)20(17,18)16-10-9-15(2)12-5-3-4-6-13(12)16/h3-8H,9-10H2,1-2H3. The van der Waals surface area contributed by atoms with Crippen LogP contribution in [0.25, 0.3) is 0 Å². The smallest absolute Gasteiger partial charge is 0.273 e. The van der Waals surface area contributed by atoms with Gasteiger partial charge in [0.1, 0.15) is 4.21 Å². The first-order valence-electron chi connectivity index (χ1n) is 6.39. The molecule has 0 amide bonds. The van der Waals surface area contributed by atoms with Crippen LogP contribution in [0.1, 0.15) is 4.88 Å². The number of thiophene rings is 1. The first kappa shape index (κ1) is 13.5. The summed E-state index contributed by atoms with van der Waals surface area (Å²) in [6, 6.07) is 11.2. The highest BCUT2D eigenvalue weighted by Gasteiger charge is 2.31. The van der Waals surface area contributed by atoms with Crippen LogP contribution in [0, 0.1) is 6.92 Å². The summed E-state index contributed by atoms with van der Waals surface area (Å²) in [7, 11) is -1.47. The Bertz CT molecular complexity index is 737. The van der Waals surface area contributed by atoms with Crippen LogP contribution in [0.2, 0.25) is 0 Å². The Balaban J connectivity index is 2.10. The molecule has 0 aliphatic carbocycles. The van der Waals surface area contributed by atoms with Gasteiger partial charge in [0.15, 0.2) is 0 Å². The summed E-state index contributed by atoms with van der Waals surface area (Å²) in [6.45, 7) is 3.09. The molecule has 1 aliphatic rings. The van der Waals surface area contributed by atoms with Crippen molar-refractivity contribution in [2.24, 2.45) is 0 Å². The van der Waals surface area contributed by atoms with E-state index in [0.29, 0.717) is 17.3 Å². The number of fused-ring (bicyclic) bond motifs is 1. The minimum atomic E-state index is -3.45. The third-order valence-corrected chi connectivity index (χ3v) is 6.74. The Hall–Kier alpha value is -1.53. The molecule has 6 heteroatoms. The maximum atomic E-state index is 12.8. The zero-order valence-corrected chi connectivity index (χ0v) is 13.0. The van der Waals surface area contributed by atoms with Gasteiger partial charge in [0.2, 0.25) is 0 Å². The van der Waals surface area contributed by atoms with Gasteiger partial charge in [-0.1, -0.05) is 12.1 Å². The van der Waals surface area contributed by atoms with Crippen LogP contribution < -0.4 is 9.21 Å². The van der Waals surface area contributed by atoms with E-state index in [4.69, 9.17) is 0 Å². The van der Waals surface area contributed by atoms with Crippen molar-refractivity contribution in [1.29, 1.82) is 0 Å². The summed E-state index contributed by atoms with van der Waals surface area (Å²) in [6.07, 6.45) is 0. The lowest BCUT2D eigenvalue weighted by molar-refractivity contribution is 0.591. The number of anilines is 2. The molecular weight excluding hydrogens is 292 g/mol. The van der Waals surface area contributed by atoms with Crippen molar-refractivity contribution in [1.82, 2.24) is 0 Å². The molecule has 4 nitrogen and oxygen atoms in total. The Morgan fingerprint density at radius 2 is 1.75 bits per heavy atom. The second-order valence-electron chi connectivity index (χ2n) is 4.85. The molecule has 0 saturated carbocycles. The first-order valence-corrected chi connectivity index (χ1v) is 8.65. The molecule has 2 heterocycles. The predicted molar refractivity (Wildman–Crippen MR) is 83.3 cm³/mol. The molecule has 0 atom stereocenters. The summed E-state index contributed by atoms with van der Waals surface area (Å²) < 4.78 is 27.5. The average molecular weight is 308 g/mol. The van der Waals surface area contributed by atoms with Crippen molar-refractivity contribution in [2.75, 3.05) is 29.3 Å². The van der Waals surface area contributed by atoms with Crippen molar-refractivity contribution in [3.63, 3.8) is 0 Å². The number of aryl methyl sites for hydroxylation is 1. The number of likely N-dealkylation sites (N-methyl/N-ethyl adjacent to an activating group) is 1. The van der Waals surface area contributed by atoms with E-state index < -0.39 is 10.0 Å². The molecule has 0 saturated heterocycles. The fraction of sp³-hybridized carbons (Fsp3) is 0.286. The third-order valence-electron chi connectivity index (χ3n) is 3.46. The maximum Gasteiger partial charge on any atom is 0.273 e. The van der Waals surface area contributed by atoms with Crippen LogP contribution in [0.4, 0.5) is 11.4 Å². The summed E-state index contributed by atoms with van der Waals surface area (Å²) in [5.41, 5.74) is 1.71. The Morgan fingerprint density at radius 3 is 2.40 bits per heavy atom. The normalized spacial score (nSPS) is 15.3. The number of hydrogen-bond donors (Lipinski definition) is 0. The third kappa shape index (κ3) is 2.09. The molecule has 106 valence electrons. The number of benzene rings is 1. The molecule has 0 spiro atoms. The second-order valence-corrected chi connectivity index (χ2v) is 8.23. The van der Waals surface area contributed by atoms with E-state index in [1.54, 1.807) is 6.07 Å². The van der Waals surface area contributed by atoms with Gasteiger partial charge in [0, 0.05) is 18.5 Å². The van der Waals surface area contributed by atoms with E-state index in [2.05, 4.69) is 4.90 Å². The Labute approximate surface area is 123 Å². The molecule has 20 heavy (non-hydrogen) atoms. The van der Waals surface area contributed by atoms with Crippen molar-refractivity contribution in [2.45, 2.75) is 11.1 Å². The number of rotatable bonds is 2. The van der Waals surface area contributed by atoms with Crippen molar-refractivity contribution in [3.05, 3.63) is 41.3 Å². The minimum absolute atomic E-state index is 0.411. The highest BCUT2D eigenvalue weighted by atomic mass is 32.2. The van der Waals surface area contributed by atoms with E-state index >= 15 is 0 Å². The topological polar surface area (TPSA) is 40.6 Å². The maximum absolute atomic E-state index is 12.8. The highest BCUT2D eigenvalue weighted by Crippen LogP contribution is 2.36. The van der Waals surface area contributed by atoms with Crippen molar-refractivity contribution < 1.29 is 8.42 Å². The Morgan fingerprint density at radius 1 is 1.05 bits per heavy atom. The average Bonchev–Trinajstić information content (AvgIpc) is 2.87. The lowest BCUT2D eigenvalue weighted by Crippen LogP contribution is -2.42. The summed E-state index contributed by atoms with van der Waals surface area (Å²) in [5.74, 6) is 0. The lowest BCUT2D eigenvalue weighted by atomic mass is 10.2. The zero-order chi connectivity index (χ0) is 14.3. The van der Waals surface area contributed by atoms with E-state index in [9.17, 15) is 8.42 Å². The van der Waals surface area contributed by atoms with Crippen LogP contribution >= 0.6 is 11.3 Å². The number of hydrogen-bond acceptors (Lipinski definition) is 4. The molecule has 1 aliphatic heterocycles.